The highest BCUT2D eigenvalue weighted by atomic mass is 32.2. The molecule has 0 aliphatic carbocycles. The van der Waals surface area contributed by atoms with E-state index < -0.39 is 40.4 Å². The Morgan fingerprint density at radius 3 is 2.46 bits per heavy atom. The lowest BCUT2D eigenvalue weighted by Gasteiger charge is -2.08. The summed E-state index contributed by atoms with van der Waals surface area (Å²) in [4.78, 5) is 35.2. The molecule has 28 heavy (non-hydrogen) atoms. The molecular formula is C17H16FN3O6S. The fourth-order valence-electron chi connectivity index (χ4n) is 2.00. The topological polar surface area (TPSA) is 131 Å². The van der Waals surface area contributed by atoms with Crippen LogP contribution >= 0.6 is 0 Å². The second-order valence-electron chi connectivity index (χ2n) is 5.29. The van der Waals surface area contributed by atoms with Crippen LogP contribution in [-0.2, 0) is 19.6 Å². The summed E-state index contributed by atoms with van der Waals surface area (Å²) in [5, 5.41) is 4.00. The van der Waals surface area contributed by atoms with Crippen molar-refractivity contribution in [2.75, 3.05) is 19.0 Å². The fraction of sp³-hybridized carbons (Fsp3) is 0.118. The van der Waals surface area contributed by atoms with Crippen LogP contribution in [0.1, 0.15) is 10.4 Å². The molecule has 2 aromatic rings. The molecular weight excluding hydrogens is 393 g/mol. The number of urea groups is 1. The number of carbonyl (C=O) groups is 3. The maximum Gasteiger partial charge on any atom is 0.338 e. The van der Waals surface area contributed by atoms with E-state index in [2.05, 4.69) is 10.0 Å². The van der Waals surface area contributed by atoms with Gasteiger partial charge in [0.05, 0.1) is 16.1 Å². The smallest absolute Gasteiger partial charge is 0.338 e. The zero-order valence-electron chi connectivity index (χ0n) is 14.6. The quantitative estimate of drug-likeness (QED) is 0.616. The van der Waals surface area contributed by atoms with Gasteiger partial charge >= 0.3 is 12.0 Å². The van der Waals surface area contributed by atoms with E-state index in [4.69, 9.17) is 4.74 Å². The highest BCUT2D eigenvalue weighted by molar-refractivity contribution is 7.89. The van der Waals surface area contributed by atoms with E-state index in [0.717, 1.165) is 12.1 Å². The molecule has 2 aromatic carbocycles. The van der Waals surface area contributed by atoms with Crippen molar-refractivity contribution in [2.24, 2.45) is 0 Å². The third-order valence-electron chi connectivity index (χ3n) is 3.36. The Bertz CT molecular complexity index is 1010. The van der Waals surface area contributed by atoms with E-state index in [9.17, 15) is 27.2 Å². The van der Waals surface area contributed by atoms with Crippen LogP contribution in [0.15, 0.2) is 53.4 Å². The summed E-state index contributed by atoms with van der Waals surface area (Å²) in [5.41, 5.74) is -0.229. The molecule has 0 aliphatic heterocycles. The van der Waals surface area contributed by atoms with E-state index in [1.807, 2.05) is 5.32 Å². The van der Waals surface area contributed by atoms with Gasteiger partial charge in [-0.1, -0.05) is 18.2 Å². The summed E-state index contributed by atoms with van der Waals surface area (Å²) < 4.78 is 43.8. The van der Waals surface area contributed by atoms with E-state index in [1.165, 1.54) is 43.4 Å². The average Bonchev–Trinajstić information content (AvgIpc) is 2.68. The number of hydrogen-bond acceptors (Lipinski definition) is 6. The maximum absolute atomic E-state index is 13.4. The van der Waals surface area contributed by atoms with Gasteiger partial charge in [0.1, 0.15) is 5.82 Å². The van der Waals surface area contributed by atoms with E-state index >= 15 is 0 Å². The van der Waals surface area contributed by atoms with Crippen molar-refractivity contribution in [2.45, 2.75) is 4.90 Å². The average molecular weight is 409 g/mol. The van der Waals surface area contributed by atoms with Gasteiger partial charge in [0, 0.05) is 0 Å². The second-order valence-corrected chi connectivity index (χ2v) is 7.18. The van der Waals surface area contributed by atoms with E-state index in [0.29, 0.717) is 0 Å². The van der Waals surface area contributed by atoms with Crippen molar-refractivity contribution in [3.63, 3.8) is 0 Å². The number of anilines is 1. The molecule has 0 saturated heterocycles. The molecule has 9 nitrogen and oxygen atoms in total. The van der Waals surface area contributed by atoms with E-state index in [-0.39, 0.29) is 16.1 Å². The van der Waals surface area contributed by atoms with Gasteiger partial charge in [0.15, 0.2) is 6.61 Å². The molecule has 0 bridgehead atoms. The van der Waals surface area contributed by atoms with Gasteiger partial charge in [-0.3, -0.25) is 10.1 Å². The number of carbonyl (C=O) groups excluding carboxylic acids is 3. The lowest BCUT2D eigenvalue weighted by Crippen LogP contribution is -2.37. The number of halogens is 1. The minimum atomic E-state index is -3.76. The van der Waals surface area contributed by atoms with Crippen LogP contribution in [-0.4, -0.2) is 40.0 Å². The van der Waals surface area contributed by atoms with Crippen LogP contribution in [0, 0.1) is 5.82 Å². The zero-order valence-corrected chi connectivity index (χ0v) is 15.4. The number of nitrogens with one attached hydrogen (secondary N) is 3. The van der Waals surface area contributed by atoms with Crippen LogP contribution in [0.3, 0.4) is 0 Å². The summed E-state index contributed by atoms with van der Waals surface area (Å²) in [7, 11) is -2.54. The van der Waals surface area contributed by atoms with Gasteiger partial charge in [-0.15, -0.1) is 0 Å². The SMILES string of the molecule is CNS(=O)(=O)c1cccc(C(=O)OCC(=O)NC(=O)Nc2ccccc2F)c1. The molecule has 0 fully saturated rings. The van der Waals surface area contributed by atoms with Crippen molar-refractivity contribution < 1.29 is 31.9 Å². The zero-order chi connectivity index (χ0) is 20.7. The summed E-state index contributed by atoms with van der Waals surface area (Å²) in [6, 6.07) is 9.34. The first kappa shape index (κ1) is 21.0. The molecule has 2 rings (SSSR count). The van der Waals surface area contributed by atoms with Gasteiger partial charge in [0.2, 0.25) is 10.0 Å². The summed E-state index contributed by atoms with van der Waals surface area (Å²) in [6.07, 6.45) is 0. The van der Waals surface area contributed by atoms with Gasteiger partial charge in [-0.05, 0) is 37.4 Å². The highest BCUT2D eigenvalue weighted by Crippen LogP contribution is 2.13. The summed E-state index contributed by atoms with van der Waals surface area (Å²) >= 11 is 0. The highest BCUT2D eigenvalue weighted by Gasteiger charge is 2.17. The molecule has 0 heterocycles. The first-order valence-electron chi connectivity index (χ1n) is 7.79. The molecule has 3 N–H and O–H groups in total. The molecule has 0 atom stereocenters. The predicted molar refractivity (Wildman–Crippen MR) is 96.5 cm³/mol. The molecule has 11 heteroatoms. The fourth-order valence-corrected chi connectivity index (χ4v) is 2.78. The molecule has 0 aromatic heterocycles. The summed E-state index contributed by atoms with van der Waals surface area (Å²) in [6.45, 7) is -0.799. The van der Waals surface area contributed by atoms with Crippen molar-refractivity contribution in [1.29, 1.82) is 0 Å². The molecule has 0 spiro atoms. The number of esters is 1. The van der Waals surface area contributed by atoms with Crippen molar-refractivity contribution in [1.82, 2.24) is 10.0 Å². The minimum Gasteiger partial charge on any atom is -0.452 e. The molecule has 0 saturated carbocycles. The van der Waals surface area contributed by atoms with Crippen molar-refractivity contribution >= 4 is 33.6 Å². The Labute approximate surface area is 159 Å². The Kier molecular flexibility index (Phi) is 6.79. The third kappa shape index (κ3) is 5.59. The van der Waals surface area contributed by atoms with Crippen LogP contribution in [0.2, 0.25) is 0 Å². The Morgan fingerprint density at radius 1 is 1.07 bits per heavy atom. The van der Waals surface area contributed by atoms with Crippen LogP contribution in [0.4, 0.5) is 14.9 Å². The normalized spacial score (nSPS) is 10.8. The van der Waals surface area contributed by atoms with Crippen molar-refractivity contribution in [3.05, 3.63) is 59.9 Å². The minimum absolute atomic E-state index is 0.0973. The number of para-hydroxylation sites is 1. The second kappa shape index (κ2) is 9.06. The lowest BCUT2D eigenvalue weighted by atomic mass is 10.2. The Morgan fingerprint density at radius 2 is 1.79 bits per heavy atom. The van der Waals surface area contributed by atoms with Crippen LogP contribution < -0.4 is 15.4 Å². The largest absolute Gasteiger partial charge is 0.452 e. The summed E-state index contributed by atoms with van der Waals surface area (Å²) in [5.74, 6) is -2.60. The third-order valence-corrected chi connectivity index (χ3v) is 4.77. The standard InChI is InChI=1S/C17H16FN3O6S/c1-19-28(25,26)12-6-4-5-11(9-12)16(23)27-10-15(22)21-17(24)20-14-8-3-2-7-13(14)18/h2-9,19H,10H2,1H3,(H2,20,21,22,24). The maximum atomic E-state index is 13.4. The number of sulfonamides is 1. The van der Waals surface area contributed by atoms with Gasteiger partial charge in [-0.25, -0.2) is 27.1 Å². The van der Waals surface area contributed by atoms with Gasteiger partial charge in [0.25, 0.3) is 5.91 Å². The molecule has 0 aliphatic rings. The molecule has 0 unspecified atom stereocenters. The van der Waals surface area contributed by atoms with Crippen molar-refractivity contribution in [3.8, 4) is 0 Å². The molecule has 3 amide bonds. The molecule has 0 radical (unpaired) electrons. The Balaban J connectivity index is 1.90. The van der Waals surface area contributed by atoms with Gasteiger partial charge < -0.3 is 10.1 Å². The predicted octanol–water partition coefficient (Wildman–Crippen LogP) is 1.24. The number of hydrogen-bond donors (Lipinski definition) is 3. The van der Waals surface area contributed by atoms with E-state index in [1.54, 1.807) is 0 Å². The number of benzene rings is 2. The number of imide groups is 1. The first-order valence-corrected chi connectivity index (χ1v) is 9.27. The van der Waals surface area contributed by atoms with Gasteiger partial charge in [-0.2, -0.15) is 0 Å². The van der Waals surface area contributed by atoms with Crippen LogP contribution in [0.25, 0.3) is 0 Å². The van der Waals surface area contributed by atoms with Crippen LogP contribution in [0.5, 0.6) is 0 Å². The first-order chi connectivity index (χ1) is 13.2. The molecule has 148 valence electrons. The Hall–Kier alpha value is -3.31. The lowest BCUT2D eigenvalue weighted by molar-refractivity contribution is -0.123. The monoisotopic (exact) mass is 409 g/mol. The number of amides is 3. The number of rotatable bonds is 6. The number of ether oxygens (including phenoxy) is 1.